The Morgan fingerprint density at radius 3 is 2.57 bits per heavy atom. The van der Waals surface area contributed by atoms with Gasteiger partial charge in [-0.3, -0.25) is 9.59 Å². The number of carbonyl (C=O) groups excluding carboxylic acids is 2. The number of hydrogen-bond donors (Lipinski definition) is 2. The Morgan fingerprint density at radius 1 is 1.05 bits per heavy atom. The van der Waals surface area contributed by atoms with Crippen molar-refractivity contribution in [3.8, 4) is 0 Å². The Balaban J connectivity index is 1.36. The lowest BCUT2D eigenvalue weighted by Crippen LogP contribution is -2.40. The van der Waals surface area contributed by atoms with Gasteiger partial charge in [0, 0.05) is 23.4 Å². The lowest BCUT2D eigenvalue weighted by Gasteiger charge is -2.38. The molecule has 0 bridgehead atoms. The molecule has 1 amide bonds. The number of carbonyl (C=O) groups is 2. The molecule has 2 heterocycles. The molecule has 3 aromatic carbocycles. The van der Waals surface area contributed by atoms with Crippen LogP contribution in [0, 0.1) is 5.41 Å². The molecule has 0 radical (unpaired) electrons. The van der Waals surface area contributed by atoms with Crippen LogP contribution in [0.3, 0.4) is 0 Å². The van der Waals surface area contributed by atoms with E-state index in [1.54, 1.807) is 23.1 Å². The molecule has 0 saturated carbocycles. The number of ketones is 1. The summed E-state index contributed by atoms with van der Waals surface area (Å²) in [6, 6.07) is 20.3. The highest BCUT2D eigenvalue weighted by atomic mass is 35.5. The number of hydrogen-bond acceptors (Lipinski definition) is 6. The normalized spacial score (nSPS) is 17.7. The van der Waals surface area contributed by atoms with Crippen LogP contribution in [0.1, 0.15) is 43.9 Å². The van der Waals surface area contributed by atoms with Crippen LogP contribution in [-0.4, -0.2) is 33.0 Å². The zero-order valence-electron chi connectivity index (χ0n) is 23.3. The summed E-state index contributed by atoms with van der Waals surface area (Å²) in [5.74, 6) is -0.169. The van der Waals surface area contributed by atoms with Gasteiger partial charge in [-0.25, -0.2) is 9.67 Å². The fraction of sp³-hybridized carbons (Fsp3) is 0.250. The molecule has 6 rings (SSSR count). The predicted molar refractivity (Wildman–Crippen MR) is 166 cm³/mol. The van der Waals surface area contributed by atoms with Gasteiger partial charge in [-0.1, -0.05) is 67.4 Å². The molecule has 0 fully saturated rings. The minimum absolute atomic E-state index is 0.00222. The van der Waals surface area contributed by atoms with Crippen molar-refractivity contribution in [1.29, 1.82) is 0 Å². The average Bonchev–Trinajstić information content (AvgIpc) is 3.41. The Morgan fingerprint density at radius 2 is 1.83 bits per heavy atom. The van der Waals surface area contributed by atoms with Gasteiger partial charge in [-0.15, -0.1) is 0 Å². The van der Waals surface area contributed by atoms with Gasteiger partial charge in [0.25, 0.3) is 0 Å². The highest BCUT2D eigenvalue weighted by Gasteiger charge is 2.42. The van der Waals surface area contributed by atoms with E-state index in [2.05, 4.69) is 34.6 Å². The van der Waals surface area contributed by atoms with E-state index in [9.17, 15) is 9.59 Å². The summed E-state index contributed by atoms with van der Waals surface area (Å²) in [5.41, 5.74) is 5.45. The van der Waals surface area contributed by atoms with Crippen LogP contribution in [0.15, 0.2) is 90.7 Å². The monoisotopic (exact) mass is 600 g/mol. The Labute approximate surface area is 254 Å². The van der Waals surface area contributed by atoms with Crippen molar-refractivity contribution in [1.82, 2.24) is 14.8 Å². The van der Waals surface area contributed by atoms with E-state index in [1.165, 1.54) is 6.33 Å². The van der Waals surface area contributed by atoms with Crippen LogP contribution in [0.25, 0.3) is 0 Å². The molecule has 2 aliphatic rings. The number of aromatic nitrogens is 3. The van der Waals surface area contributed by atoms with E-state index in [0.717, 1.165) is 28.2 Å². The molecular formula is C32H30Cl2N6O2. The zero-order valence-corrected chi connectivity index (χ0v) is 24.8. The zero-order chi connectivity index (χ0) is 29.4. The van der Waals surface area contributed by atoms with E-state index in [-0.39, 0.29) is 23.7 Å². The SMILES string of the molecule is CC1(C)CC(=O)C2=C(C1)Nc1ccccc1N(CC(=O)Nc1ccc(Cn3cncn3)cc1)C2c1ccc(Cl)c(Cl)c1. The maximum Gasteiger partial charge on any atom is 0.243 e. The Hall–Kier alpha value is -4.14. The molecule has 8 nitrogen and oxygen atoms in total. The highest BCUT2D eigenvalue weighted by molar-refractivity contribution is 6.42. The van der Waals surface area contributed by atoms with E-state index in [1.807, 2.05) is 59.5 Å². The lowest BCUT2D eigenvalue weighted by atomic mass is 9.73. The number of halogens is 2. The standard InChI is InChI=1S/C32H30Cl2N6O2/c1-32(2)14-26-30(28(41)15-32)31(21-9-12-23(33)24(34)13-21)40(27-6-4-3-5-25(27)38-26)17-29(42)37-22-10-7-20(8-11-22)16-39-19-35-18-36-39/h3-13,18-19,31,38H,14-17H2,1-2H3,(H,37,42). The van der Waals surface area contributed by atoms with E-state index >= 15 is 0 Å². The van der Waals surface area contributed by atoms with E-state index in [4.69, 9.17) is 23.2 Å². The summed E-state index contributed by atoms with van der Waals surface area (Å²) < 4.78 is 1.73. The summed E-state index contributed by atoms with van der Waals surface area (Å²) in [4.78, 5) is 33.5. The number of para-hydroxylation sites is 2. The van der Waals surface area contributed by atoms with Gasteiger partial charge in [0.15, 0.2) is 5.78 Å². The van der Waals surface area contributed by atoms with Crippen molar-refractivity contribution in [2.45, 2.75) is 39.3 Å². The third-order valence-electron chi connectivity index (χ3n) is 7.63. The Kier molecular flexibility index (Phi) is 7.51. The molecule has 1 unspecified atom stereocenters. The van der Waals surface area contributed by atoms with Gasteiger partial charge in [0.2, 0.25) is 5.91 Å². The number of anilines is 3. The molecule has 4 aromatic rings. The van der Waals surface area contributed by atoms with Crippen molar-refractivity contribution in [3.05, 3.63) is 112 Å². The Bertz CT molecular complexity index is 1680. The molecule has 1 atom stereocenters. The lowest BCUT2D eigenvalue weighted by molar-refractivity contribution is -0.119. The van der Waals surface area contributed by atoms with Crippen LogP contribution in [-0.2, 0) is 16.1 Å². The predicted octanol–water partition coefficient (Wildman–Crippen LogP) is 6.89. The van der Waals surface area contributed by atoms with Crippen molar-refractivity contribution in [2.24, 2.45) is 5.41 Å². The summed E-state index contributed by atoms with van der Waals surface area (Å²) in [7, 11) is 0. The van der Waals surface area contributed by atoms with Crippen molar-refractivity contribution in [3.63, 3.8) is 0 Å². The third-order valence-corrected chi connectivity index (χ3v) is 8.37. The molecule has 42 heavy (non-hydrogen) atoms. The molecule has 1 aliphatic heterocycles. The molecule has 0 spiro atoms. The summed E-state index contributed by atoms with van der Waals surface area (Å²) in [6.07, 6.45) is 4.26. The molecule has 2 N–H and O–H groups in total. The van der Waals surface area contributed by atoms with Crippen molar-refractivity contribution in [2.75, 3.05) is 22.1 Å². The second kappa shape index (κ2) is 11.3. The maximum absolute atomic E-state index is 13.9. The molecule has 0 saturated heterocycles. The molecular weight excluding hydrogens is 571 g/mol. The first-order valence-corrected chi connectivity index (χ1v) is 14.5. The quantitative estimate of drug-likeness (QED) is 0.250. The number of nitrogens with one attached hydrogen (secondary N) is 2. The van der Waals surface area contributed by atoms with E-state index < -0.39 is 6.04 Å². The topological polar surface area (TPSA) is 92.2 Å². The van der Waals surface area contributed by atoms with Crippen molar-refractivity contribution < 1.29 is 9.59 Å². The minimum atomic E-state index is -0.551. The molecule has 10 heteroatoms. The molecule has 1 aliphatic carbocycles. The number of allylic oxidation sites excluding steroid dienone is 1. The second-order valence-corrected chi connectivity index (χ2v) is 12.3. The van der Waals surface area contributed by atoms with Crippen LogP contribution >= 0.6 is 23.2 Å². The second-order valence-electron chi connectivity index (χ2n) is 11.5. The first kappa shape index (κ1) is 28.0. The fourth-order valence-corrected chi connectivity index (χ4v) is 6.11. The number of nitrogens with zero attached hydrogens (tertiary/aromatic N) is 4. The largest absolute Gasteiger partial charge is 0.357 e. The number of rotatable bonds is 6. The third kappa shape index (κ3) is 5.78. The van der Waals surface area contributed by atoms with Gasteiger partial charge in [-0.2, -0.15) is 5.10 Å². The fourth-order valence-electron chi connectivity index (χ4n) is 5.81. The van der Waals surface area contributed by atoms with Gasteiger partial charge in [0.1, 0.15) is 12.7 Å². The number of fused-ring (bicyclic) bond motifs is 1. The smallest absolute Gasteiger partial charge is 0.243 e. The minimum Gasteiger partial charge on any atom is -0.357 e. The van der Waals surface area contributed by atoms with Gasteiger partial charge >= 0.3 is 0 Å². The van der Waals surface area contributed by atoms with Crippen LogP contribution in [0.4, 0.5) is 17.1 Å². The van der Waals surface area contributed by atoms with Crippen LogP contribution in [0.5, 0.6) is 0 Å². The molecule has 214 valence electrons. The number of amides is 1. The summed E-state index contributed by atoms with van der Waals surface area (Å²) in [5, 5.41) is 11.6. The first-order valence-electron chi connectivity index (χ1n) is 13.7. The van der Waals surface area contributed by atoms with Gasteiger partial charge < -0.3 is 15.5 Å². The average molecular weight is 602 g/mol. The molecule has 1 aromatic heterocycles. The van der Waals surface area contributed by atoms with Gasteiger partial charge in [0.05, 0.1) is 40.6 Å². The first-order chi connectivity index (χ1) is 20.2. The van der Waals surface area contributed by atoms with Crippen molar-refractivity contribution >= 4 is 52.0 Å². The van der Waals surface area contributed by atoms with E-state index in [0.29, 0.717) is 40.7 Å². The number of benzene rings is 3. The number of Topliss-reactive ketones (excluding diaryl/α,β-unsaturated/α-hetero) is 1. The highest BCUT2D eigenvalue weighted by Crippen LogP contribution is 2.48. The maximum atomic E-state index is 13.9. The van der Waals surface area contributed by atoms with Gasteiger partial charge in [-0.05, 0) is 59.4 Å². The summed E-state index contributed by atoms with van der Waals surface area (Å²) in [6.45, 7) is 4.78. The van der Waals surface area contributed by atoms with Crippen LogP contribution < -0.4 is 15.5 Å². The summed E-state index contributed by atoms with van der Waals surface area (Å²) >= 11 is 12.8. The van der Waals surface area contributed by atoms with Crippen LogP contribution in [0.2, 0.25) is 10.0 Å².